The second kappa shape index (κ2) is 9.22. The predicted octanol–water partition coefficient (Wildman–Crippen LogP) is 2.66. The highest BCUT2D eigenvalue weighted by Crippen LogP contribution is 2.18. The number of aryl methyl sites for hydroxylation is 1. The van der Waals surface area contributed by atoms with Gasteiger partial charge in [-0.15, -0.1) is 0 Å². The minimum Gasteiger partial charge on any atom is -0.462 e. The SMILES string of the molecule is CCOC(=O)c1ccc(C(=O)Nc2ccc(S(=O)(=O)NCC(F)(F)F)cc2)nc1C. The number of halogens is 3. The van der Waals surface area contributed by atoms with Gasteiger partial charge in [-0.2, -0.15) is 13.2 Å². The van der Waals surface area contributed by atoms with E-state index in [9.17, 15) is 31.2 Å². The normalized spacial score (nSPS) is 11.8. The number of sulfonamides is 1. The van der Waals surface area contributed by atoms with Crippen molar-refractivity contribution in [2.45, 2.75) is 24.9 Å². The molecule has 8 nitrogen and oxygen atoms in total. The summed E-state index contributed by atoms with van der Waals surface area (Å²) in [5, 5.41) is 2.48. The zero-order valence-corrected chi connectivity index (χ0v) is 16.7. The maximum atomic E-state index is 12.3. The van der Waals surface area contributed by atoms with Crippen LogP contribution in [-0.4, -0.2) is 44.6 Å². The van der Waals surface area contributed by atoms with E-state index < -0.39 is 39.5 Å². The number of pyridine rings is 1. The maximum absolute atomic E-state index is 12.3. The minimum atomic E-state index is -4.69. The Balaban J connectivity index is 2.09. The van der Waals surface area contributed by atoms with Crippen LogP contribution in [0, 0.1) is 6.92 Å². The van der Waals surface area contributed by atoms with Gasteiger partial charge in [0.1, 0.15) is 12.2 Å². The molecule has 0 saturated carbocycles. The van der Waals surface area contributed by atoms with Crippen molar-refractivity contribution in [3.05, 3.63) is 53.3 Å². The van der Waals surface area contributed by atoms with E-state index in [1.165, 1.54) is 35.9 Å². The Morgan fingerprint density at radius 2 is 1.73 bits per heavy atom. The molecule has 0 atom stereocenters. The Morgan fingerprint density at radius 1 is 1.10 bits per heavy atom. The molecule has 0 fully saturated rings. The van der Waals surface area contributed by atoms with E-state index in [4.69, 9.17) is 4.74 Å². The van der Waals surface area contributed by atoms with Crippen molar-refractivity contribution in [3.8, 4) is 0 Å². The zero-order valence-electron chi connectivity index (χ0n) is 15.9. The van der Waals surface area contributed by atoms with Gasteiger partial charge in [0.2, 0.25) is 10.0 Å². The topological polar surface area (TPSA) is 114 Å². The van der Waals surface area contributed by atoms with Crippen LogP contribution in [0.2, 0.25) is 0 Å². The summed E-state index contributed by atoms with van der Waals surface area (Å²) in [6.07, 6.45) is -4.69. The Morgan fingerprint density at radius 3 is 2.27 bits per heavy atom. The molecule has 0 spiro atoms. The van der Waals surface area contributed by atoms with Crippen LogP contribution in [-0.2, 0) is 14.8 Å². The lowest BCUT2D eigenvalue weighted by Gasteiger charge is -2.10. The first-order valence-electron chi connectivity index (χ1n) is 8.55. The molecule has 2 aromatic rings. The molecule has 2 N–H and O–H groups in total. The van der Waals surface area contributed by atoms with Gasteiger partial charge in [-0.1, -0.05) is 0 Å². The van der Waals surface area contributed by atoms with Crippen LogP contribution < -0.4 is 10.0 Å². The molecule has 1 aromatic carbocycles. The summed E-state index contributed by atoms with van der Waals surface area (Å²) in [5.74, 6) is -1.19. The Kier molecular flexibility index (Phi) is 7.16. The molecule has 0 aliphatic rings. The maximum Gasteiger partial charge on any atom is 0.402 e. The molecular formula is C18H18F3N3O5S. The second-order valence-electron chi connectivity index (χ2n) is 5.97. The van der Waals surface area contributed by atoms with Gasteiger partial charge >= 0.3 is 12.1 Å². The number of hydrogen-bond acceptors (Lipinski definition) is 6. The fourth-order valence-electron chi connectivity index (χ4n) is 2.28. The molecule has 30 heavy (non-hydrogen) atoms. The molecule has 1 aromatic heterocycles. The number of alkyl halides is 3. The molecule has 0 aliphatic heterocycles. The summed E-state index contributed by atoms with van der Waals surface area (Å²) in [5.41, 5.74) is 0.709. The van der Waals surface area contributed by atoms with E-state index in [2.05, 4.69) is 10.3 Å². The van der Waals surface area contributed by atoms with Crippen molar-refractivity contribution in [2.24, 2.45) is 0 Å². The predicted molar refractivity (Wildman–Crippen MR) is 101 cm³/mol. The molecule has 0 radical (unpaired) electrons. The first-order valence-corrected chi connectivity index (χ1v) is 10.0. The molecule has 12 heteroatoms. The van der Waals surface area contributed by atoms with Gasteiger partial charge in [0.25, 0.3) is 5.91 Å². The third-order valence-electron chi connectivity index (χ3n) is 3.70. The lowest BCUT2D eigenvalue weighted by molar-refractivity contribution is -0.121. The lowest BCUT2D eigenvalue weighted by atomic mass is 10.2. The molecule has 0 unspecified atom stereocenters. The van der Waals surface area contributed by atoms with Crippen LogP contribution in [0.5, 0.6) is 0 Å². The van der Waals surface area contributed by atoms with Crippen LogP contribution in [0.4, 0.5) is 18.9 Å². The molecular weight excluding hydrogens is 427 g/mol. The zero-order chi connectivity index (χ0) is 22.5. The first-order chi connectivity index (χ1) is 13.9. The Labute approximate surface area is 170 Å². The van der Waals surface area contributed by atoms with Crippen LogP contribution in [0.3, 0.4) is 0 Å². The van der Waals surface area contributed by atoms with Gasteiger partial charge in [0.05, 0.1) is 22.8 Å². The highest BCUT2D eigenvalue weighted by molar-refractivity contribution is 7.89. The fourth-order valence-corrected chi connectivity index (χ4v) is 3.30. The number of amides is 1. The Hall–Kier alpha value is -2.99. The van der Waals surface area contributed by atoms with E-state index in [0.29, 0.717) is 5.69 Å². The number of nitrogens with zero attached hydrogens (tertiary/aromatic N) is 1. The van der Waals surface area contributed by atoms with Gasteiger partial charge in [-0.05, 0) is 50.2 Å². The number of esters is 1. The summed E-state index contributed by atoms with van der Waals surface area (Å²) in [7, 11) is -4.35. The number of rotatable bonds is 7. The third-order valence-corrected chi connectivity index (χ3v) is 5.12. The monoisotopic (exact) mass is 445 g/mol. The van der Waals surface area contributed by atoms with Crippen molar-refractivity contribution >= 4 is 27.6 Å². The number of anilines is 1. The summed E-state index contributed by atoms with van der Waals surface area (Å²) < 4.78 is 66.6. The van der Waals surface area contributed by atoms with Crippen LogP contribution in [0.1, 0.15) is 33.5 Å². The average Bonchev–Trinajstić information content (AvgIpc) is 2.66. The van der Waals surface area contributed by atoms with Crippen LogP contribution >= 0.6 is 0 Å². The van der Waals surface area contributed by atoms with E-state index in [1.54, 1.807) is 6.92 Å². The van der Waals surface area contributed by atoms with Gasteiger partial charge in [0, 0.05) is 5.69 Å². The first kappa shape index (κ1) is 23.3. The number of aromatic nitrogens is 1. The summed E-state index contributed by atoms with van der Waals surface area (Å²) in [4.78, 5) is 27.8. The summed E-state index contributed by atoms with van der Waals surface area (Å²) in [6, 6.07) is 7.28. The highest BCUT2D eigenvalue weighted by atomic mass is 32.2. The fraction of sp³-hybridized carbons (Fsp3) is 0.278. The van der Waals surface area contributed by atoms with Crippen molar-refractivity contribution in [1.29, 1.82) is 0 Å². The summed E-state index contributed by atoms with van der Waals surface area (Å²) >= 11 is 0. The average molecular weight is 445 g/mol. The highest BCUT2D eigenvalue weighted by Gasteiger charge is 2.30. The van der Waals surface area contributed by atoms with Gasteiger partial charge in [-0.25, -0.2) is 22.9 Å². The van der Waals surface area contributed by atoms with Crippen molar-refractivity contribution in [2.75, 3.05) is 18.5 Å². The lowest BCUT2D eigenvalue weighted by Crippen LogP contribution is -2.33. The molecule has 0 aliphatic carbocycles. The van der Waals surface area contributed by atoms with Crippen molar-refractivity contribution in [3.63, 3.8) is 0 Å². The van der Waals surface area contributed by atoms with Crippen LogP contribution in [0.15, 0.2) is 41.3 Å². The molecule has 1 amide bonds. The molecule has 1 heterocycles. The number of ether oxygens (including phenoxy) is 1. The number of hydrogen-bond donors (Lipinski definition) is 2. The largest absolute Gasteiger partial charge is 0.462 e. The Bertz CT molecular complexity index is 1040. The van der Waals surface area contributed by atoms with E-state index >= 15 is 0 Å². The summed E-state index contributed by atoms with van der Waals surface area (Å²) in [6.45, 7) is 1.70. The van der Waals surface area contributed by atoms with Crippen molar-refractivity contribution < 1.29 is 35.9 Å². The van der Waals surface area contributed by atoms with Gasteiger partial charge in [-0.3, -0.25) is 4.79 Å². The minimum absolute atomic E-state index is 0.00379. The number of nitrogens with one attached hydrogen (secondary N) is 2. The number of carbonyl (C=O) groups excluding carboxylic acids is 2. The standard InChI is InChI=1S/C18H18F3N3O5S/c1-3-29-17(26)14-8-9-15(23-11(14)2)16(25)24-12-4-6-13(7-5-12)30(27,28)22-10-18(19,20)21/h4-9,22H,3,10H2,1-2H3,(H,24,25). The van der Waals surface area contributed by atoms with E-state index in [-0.39, 0.29) is 23.6 Å². The van der Waals surface area contributed by atoms with Gasteiger partial charge < -0.3 is 10.1 Å². The molecule has 162 valence electrons. The van der Waals surface area contributed by atoms with Crippen LogP contribution in [0.25, 0.3) is 0 Å². The quantitative estimate of drug-likeness (QED) is 0.634. The van der Waals surface area contributed by atoms with Gasteiger partial charge in [0.15, 0.2) is 0 Å². The van der Waals surface area contributed by atoms with E-state index in [0.717, 1.165) is 12.1 Å². The molecule has 0 bridgehead atoms. The van der Waals surface area contributed by atoms with E-state index in [1.807, 2.05) is 0 Å². The number of benzene rings is 1. The smallest absolute Gasteiger partial charge is 0.402 e. The van der Waals surface area contributed by atoms with Crippen molar-refractivity contribution in [1.82, 2.24) is 9.71 Å². The third kappa shape index (κ3) is 6.26. The molecule has 2 rings (SSSR count). The second-order valence-corrected chi connectivity index (χ2v) is 7.74. The number of carbonyl (C=O) groups is 2. The molecule has 0 saturated heterocycles.